The molecule has 1 fully saturated rings. The molecule has 1 N–H and O–H groups in total. The van der Waals surface area contributed by atoms with Gasteiger partial charge in [0.1, 0.15) is 0 Å². The maximum absolute atomic E-state index is 11.7. The fraction of sp³-hybridized carbons (Fsp3) is 0.429. The largest absolute Gasteiger partial charge is 0.465 e. The van der Waals surface area contributed by atoms with E-state index in [1.165, 1.54) is 37.3 Å². The van der Waals surface area contributed by atoms with Crippen LogP contribution in [0.15, 0.2) is 12.1 Å². The predicted octanol–water partition coefficient (Wildman–Crippen LogP) is 3.35. The molecule has 1 aromatic rings. The zero-order valence-corrected chi connectivity index (χ0v) is 11.7. The molecule has 1 aliphatic rings. The van der Waals surface area contributed by atoms with Crippen LogP contribution in [0.4, 0.5) is 0 Å². The molecule has 1 aliphatic carbocycles. The minimum absolute atomic E-state index is 0.329. The molecule has 96 valence electrons. The summed E-state index contributed by atoms with van der Waals surface area (Å²) in [5.74, 6) is 0.239. The molecule has 1 saturated carbocycles. The van der Waals surface area contributed by atoms with Crippen LogP contribution in [0.25, 0.3) is 0 Å². The van der Waals surface area contributed by atoms with Crippen LogP contribution in [-0.2, 0) is 4.74 Å². The number of aryl methyl sites for hydroxylation is 1. The standard InChI is InChI=1S/C14H17NO2S/c1-8-6-11(9-4-5-9)12(13(15)18-3)7-10(8)14(16)17-2/h6-7,9,15H,4-5H2,1-3H3. The van der Waals surface area contributed by atoms with Gasteiger partial charge in [0.05, 0.1) is 17.7 Å². The van der Waals surface area contributed by atoms with Gasteiger partial charge in [0, 0.05) is 5.56 Å². The third kappa shape index (κ3) is 2.43. The second-order valence-corrected chi connectivity index (χ2v) is 5.37. The van der Waals surface area contributed by atoms with Gasteiger partial charge >= 0.3 is 5.97 Å². The Morgan fingerprint density at radius 3 is 2.56 bits per heavy atom. The Balaban J connectivity index is 2.52. The number of thioether (sulfide) groups is 1. The van der Waals surface area contributed by atoms with Crippen LogP contribution < -0.4 is 0 Å². The van der Waals surface area contributed by atoms with Crippen molar-refractivity contribution in [3.05, 3.63) is 34.4 Å². The van der Waals surface area contributed by atoms with Gasteiger partial charge < -0.3 is 4.74 Å². The van der Waals surface area contributed by atoms with Crippen molar-refractivity contribution in [1.82, 2.24) is 0 Å². The third-order valence-corrected chi connectivity index (χ3v) is 3.90. The van der Waals surface area contributed by atoms with Crippen molar-refractivity contribution >= 4 is 22.8 Å². The molecule has 2 rings (SSSR count). The highest BCUT2D eigenvalue weighted by Crippen LogP contribution is 2.43. The van der Waals surface area contributed by atoms with E-state index in [9.17, 15) is 4.79 Å². The maximum Gasteiger partial charge on any atom is 0.338 e. The molecule has 0 spiro atoms. The minimum Gasteiger partial charge on any atom is -0.465 e. The highest BCUT2D eigenvalue weighted by molar-refractivity contribution is 8.13. The van der Waals surface area contributed by atoms with Gasteiger partial charge in [-0.25, -0.2) is 4.79 Å². The van der Waals surface area contributed by atoms with Gasteiger partial charge in [-0.05, 0) is 49.1 Å². The van der Waals surface area contributed by atoms with E-state index in [1.54, 1.807) is 0 Å². The number of methoxy groups -OCH3 is 1. The fourth-order valence-electron chi connectivity index (χ4n) is 2.10. The Morgan fingerprint density at radius 2 is 2.06 bits per heavy atom. The molecule has 0 radical (unpaired) electrons. The monoisotopic (exact) mass is 263 g/mol. The molecule has 3 nitrogen and oxygen atoms in total. The lowest BCUT2D eigenvalue weighted by Gasteiger charge is -2.13. The van der Waals surface area contributed by atoms with E-state index < -0.39 is 0 Å². The van der Waals surface area contributed by atoms with Gasteiger partial charge in [-0.1, -0.05) is 6.07 Å². The first kappa shape index (κ1) is 13.1. The van der Waals surface area contributed by atoms with Gasteiger partial charge in [0.15, 0.2) is 0 Å². The smallest absolute Gasteiger partial charge is 0.338 e. The van der Waals surface area contributed by atoms with Crippen LogP contribution in [0.2, 0.25) is 0 Å². The molecule has 4 heteroatoms. The summed E-state index contributed by atoms with van der Waals surface area (Å²) in [7, 11) is 1.39. The normalized spacial score (nSPS) is 14.4. The lowest BCUT2D eigenvalue weighted by Crippen LogP contribution is -2.08. The fourth-order valence-corrected chi connectivity index (χ4v) is 2.50. The second-order valence-electron chi connectivity index (χ2n) is 4.55. The molecule has 0 aromatic heterocycles. The molecule has 0 saturated heterocycles. The highest BCUT2D eigenvalue weighted by atomic mass is 32.2. The molecular weight excluding hydrogens is 246 g/mol. The van der Waals surface area contributed by atoms with Gasteiger partial charge in [0.25, 0.3) is 0 Å². The van der Waals surface area contributed by atoms with E-state index in [1.807, 2.05) is 25.3 Å². The van der Waals surface area contributed by atoms with Crippen molar-refractivity contribution in [2.75, 3.05) is 13.4 Å². The summed E-state index contributed by atoms with van der Waals surface area (Å²) in [6.07, 6.45) is 4.26. The van der Waals surface area contributed by atoms with Crippen molar-refractivity contribution in [1.29, 1.82) is 5.41 Å². The number of hydrogen-bond acceptors (Lipinski definition) is 4. The van der Waals surface area contributed by atoms with Gasteiger partial charge in [-0.3, -0.25) is 5.41 Å². The third-order valence-electron chi connectivity index (χ3n) is 3.27. The lowest BCUT2D eigenvalue weighted by molar-refractivity contribution is 0.0600. The molecule has 0 bridgehead atoms. The van der Waals surface area contributed by atoms with Crippen LogP contribution in [0.5, 0.6) is 0 Å². The number of carbonyl (C=O) groups excluding carboxylic acids is 1. The molecule has 0 aliphatic heterocycles. The van der Waals surface area contributed by atoms with Crippen molar-refractivity contribution in [2.24, 2.45) is 0 Å². The van der Waals surface area contributed by atoms with Gasteiger partial charge in [-0.15, -0.1) is 11.8 Å². The van der Waals surface area contributed by atoms with E-state index in [-0.39, 0.29) is 5.97 Å². The Kier molecular flexibility index (Phi) is 3.76. The average Bonchev–Trinajstić information content (AvgIpc) is 3.20. The number of esters is 1. The summed E-state index contributed by atoms with van der Waals surface area (Å²) in [6, 6.07) is 3.86. The zero-order valence-electron chi connectivity index (χ0n) is 10.9. The predicted molar refractivity (Wildman–Crippen MR) is 74.8 cm³/mol. The van der Waals surface area contributed by atoms with Crippen molar-refractivity contribution in [3.63, 3.8) is 0 Å². The number of nitrogens with one attached hydrogen (secondary N) is 1. The van der Waals surface area contributed by atoms with Crippen LogP contribution in [-0.4, -0.2) is 24.4 Å². The van der Waals surface area contributed by atoms with Crippen LogP contribution in [0.3, 0.4) is 0 Å². The minimum atomic E-state index is -0.329. The van der Waals surface area contributed by atoms with Gasteiger partial charge in [-0.2, -0.15) is 0 Å². The Hall–Kier alpha value is -1.29. The highest BCUT2D eigenvalue weighted by Gasteiger charge is 2.28. The van der Waals surface area contributed by atoms with E-state index in [2.05, 4.69) is 0 Å². The summed E-state index contributed by atoms with van der Waals surface area (Å²) < 4.78 is 4.79. The lowest BCUT2D eigenvalue weighted by atomic mass is 9.96. The van der Waals surface area contributed by atoms with Crippen LogP contribution in [0.1, 0.15) is 45.8 Å². The summed E-state index contributed by atoms with van der Waals surface area (Å²) in [6.45, 7) is 1.92. The number of rotatable bonds is 3. The second kappa shape index (κ2) is 5.14. The molecule has 0 heterocycles. The van der Waals surface area contributed by atoms with Crippen molar-refractivity contribution in [3.8, 4) is 0 Å². The summed E-state index contributed by atoms with van der Waals surface area (Å²) in [5.41, 5.74) is 3.59. The number of ether oxygens (including phenoxy) is 1. The molecule has 0 atom stereocenters. The van der Waals surface area contributed by atoms with Gasteiger partial charge in [0.2, 0.25) is 0 Å². The summed E-state index contributed by atoms with van der Waals surface area (Å²) in [5, 5.41) is 8.53. The van der Waals surface area contributed by atoms with E-state index in [4.69, 9.17) is 10.1 Å². The summed E-state index contributed by atoms with van der Waals surface area (Å²) in [4.78, 5) is 11.7. The number of benzene rings is 1. The molecule has 0 unspecified atom stereocenters. The molecule has 0 amide bonds. The number of carbonyl (C=O) groups is 1. The number of hydrogen-bond donors (Lipinski definition) is 1. The maximum atomic E-state index is 11.7. The summed E-state index contributed by atoms with van der Waals surface area (Å²) >= 11 is 1.40. The van der Waals surface area contributed by atoms with Crippen molar-refractivity contribution in [2.45, 2.75) is 25.7 Å². The van der Waals surface area contributed by atoms with Crippen LogP contribution >= 0.6 is 11.8 Å². The first-order valence-corrected chi connectivity index (χ1v) is 7.16. The van der Waals surface area contributed by atoms with Crippen molar-refractivity contribution < 1.29 is 9.53 Å². The quantitative estimate of drug-likeness (QED) is 0.517. The first-order chi connectivity index (χ1) is 8.58. The van der Waals surface area contributed by atoms with E-state index in [0.29, 0.717) is 16.5 Å². The zero-order chi connectivity index (χ0) is 13.3. The SMILES string of the molecule is COC(=O)c1cc(C(=N)SC)c(C2CC2)cc1C. The van der Waals surface area contributed by atoms with E-state index >= 15 is 0 Å². The topological polar surface area (TPSA) is 50.2 Å². The Morgan fingerprint density at radius 1 is 1.39 bits per heavy atom. The molecular formula is C14H17NO2S. The van der Waals surface area contributed by atoms with Crippen LogP contribution in [0, 0.1) is 12.3 Å². The molecule has 1 aromatic carbocycles. The average molecular weight is 263 g/mol. The Labute approximate surface area is 111 Å². The Bertz CT molecular complexity index is 507. The van der Waals surface area contributed by atoms with E-state index in [0.717, 1.165) is 11.1 Å². The molecule has 18 heavy (non-hydrogen) atoms. The first-order valence-electron chi connectivity index (χ1n) is 5.94.